The molecule has 0 aromatic heterocycles. The summed E-state index contributed by atoms with van der Waals surface area (Å²) in [6, 6.07) is 8.85. The summed E-state index contributed by atoms with van der Waals surface area (Å²) in [6.07, 6.45) is 0.0124. The van der Waals surface area contributed by atoms with Crippen LogP contribution in [0.5, 0.6) is 0 Å². The molecule has 88 valence electrons. The van der Waals surface area contributed by atoms with E-state index in [1.54, 1.807) is 24.3 Å². The molecule has 0 bridgehead atoms. The summed E-state index contributed by atoms with van der Waals surface area (Å²) in [5, 5.41) is 16.1. The molecule has 1 atom stereocenters. The van der Waals surface area contributed by atoms with Gasteiger partial charge in [0.1, 0.15) is 5.84 Å². The average molecular weight is 244 g/mol. The van der Waals surface area contributed by atoms with Crippen LogP contribution >= 0.6 is 12.4 Å². The Hall–Kier alpha value is -1.59. The lowest BCUT2D eigenvalue weighted by atomic mass is 9.91. The minimum Gasteiger partial charge on any atom is -0.480 e. The number of benzene rings is 1. The molecule has 0 radical (unpaired) electrons. The molecule has 0 aliphatic rings. The summed E-state index contributed by atoms with van der Waals surface area (Å²) in [4.78, 5) is 10.9. The van der Waals surface area contributed by atoms with Crippen molar-refractivity contribution in [1.29, 1.82) is 5.41 Å². The molecule has 1 unspecified atom stereocenters. The third-order valence-electron chi connectivity index (χ3n) is 2.19. The SMILES string of the molecule is Cl.N=C(N)C(N)(Cc1ccccc1)C(=O)O. The van der Waals surface area contributed by atoms with Crippen LogP contribution in [0.15, 0.2) is 30.3 Å². The van der Waals surface area contributed by atoms with Crippen LogP contribution in [0, 0.1) is 5.41 Å². The summed E-state index contributed by atoms with van der Waals surface area (Å²) in [7, 11) is 0. The van der Waals surface area contributed by atoms with Gasteiger partial charge in [0.15, 0.2) is 5.54 Å². The lowest BCUT2D eigenvalue weighted by Crippen LogP contribution is -2.59. The van der Waals surface area contributed by atoms with E-state index in [1.807, 2.05) is 6.07 Å². The molecule has 6 heteroatoms. The van der Waals surface area contributed by atoms with E-state index in [1.165, 1.54) is 0 Å². The number of carbonyl (C=O) groups is 1. The Morgan fingerprint density at radius 2 is 1.88 bits per heavy atom. The van der Waals surface area contributed by atoms with Crippen molar-refractivity contribution in [2.45, 2.75) is 12.0 Å². The van der Waals surface area contributed by atoms with Gasteiger partial charge in [0.2, 0.25) is 0 Å². The van der Waals surface area contributed by atoms with E-state index in [4.69, 9.17) is 22.0 Å². The van der Waals surface area contributed by atoms with Gasteiger partial charge >= 0.3 is 5.97 Å². The molecule has 0 fully saturated rings. The molecule has 0 aliphatic carbocycles. The van der Waals surface area contributed by atoms with Crippen molar-refractivity contribution in [1.82, 2.24) is 0 Å². The minimum atomic E-state index is -1.82. The Kier molecular flexibility index (Phi) is 4.94. The van der Waals surface area contributed by atoms with Crippen LogP contribution < -0.4 is 11.5 Å². The third-order valence-corrected chi connectivity index (χ3v) is 2.19. The maximum Gasteiger partial charge on any atom is 0.331 e. The first-order valence-electron chi connectivity index (χ1n) is 4.37. The molecular formula is C10H14ClN3O2. The Morgan fingerprint density at radius 3 is 2.25 bits per heavy atom. The molecule has 16 heavy (non-hydrogen) atoms. The van der Waals surface area contributed by atoms with E-state index in [0.29, 0.717) is 0 Å². The van der Waals surface area contributed by atoms with Crippen LogP contribution in [0.3, 0.4) is 0 Å². The highest BCUT2D eigenvalue weighted by molar-refractivity contribution is 6.07. The molecule has 0 amide bonds. The first-order valence-corrected chi connectivity index (χ1v) is 4.37. The van der Waals surface area contributed by atoms with Crippen molar-refractivity contribution in [2.24, 2.45) is 11.5 Å². The number of nitrogens with one attached hydrogen (secondary N) is 1. The fourth-order valence-corrected chi connectivity index (χ4v) is 1.20. The van der Waals surface area contributed by atoms with E-state index in [0.717, 1.165) is 5.56 Å². The first-order chi connectivity index (χ1) is 6.97. The molecule has 0 spiro atoms. The quantitative estimate of drug-likeness (QED) is 0.452. The van der Waals surface area contributed by atoms with Gasteiger partial charge in [0, 0.05) is 6.42 Å². The van der Waals surface area contributed by atoms with Crippen molar-refractivity contribution in [2.75, 3.05) is 0 Å². The maximum absolute atomic E-state index is 10.9. The predicted molar refractivity (Wildman–Crippen MR) is 63.9 cm³/mol. The fourth-order valence-electron chi connectivity index (χ4n) is 1.20. The number of halogens is 1. The van der Waals surface area contributed by atoms with Crippen molar-refractivity contribution >= 4 is 24.2 Å². The normalized spacial score (nSPS) is 13.3. The Bertz CT molecular complexity index is 367. The second kappa shape index (κ2) is 5.48. The zero-order valence-electron chi connectivity index (χ0n) is 8.51. The second-order valence-electron chi connectivity index (χ2n) is 3.35. The van der Waals surface area contributed by atoms with Gasteiger partial charge in [-0.05, 0) is 5.56 Å². The molecular weight excluding hydrogens is 230 g/mol. The van der Waals surface area contributed by atoms with Crippen LogP contribution in [0.1, 0.15) is 5.56 Å². The predicted octanol–water partition coefficient (Wildman–Crippen LogP) is 0.369. The van der Waals surface area contributed by atoms with Gasteiger partial charge in [-0.1, -0.05) is 30.3 Å². The maximum atomic E-state index is 10.9. The summed E-state index contributed by atoms with van der Waals surface area (Å²) in [5.41, 5.74) is 9.68. The summed E-state index contributed by atoms with van der Waals surface area (Å²) < 4.78 is 0. The standard InChI is InChI=1S/C10H13N3O2.ClH/c11-8(12)10(13,9(14)15)6-7-4-2-1-3-5-7;/h1-5H,6,13H2,(H3,11,12)(H,14,15);1H. The Balaban J connectivity index is 0.00000225. The van der Waals surface area contributed by atoms with Crippen LogP contribution in [0.4, 0.5) is 0 Å². The van der Waals surface area contributed by atoms with E-state index >= 15 is 0 Å². The molecule has 5 nitrogen and oxygen atoms in total. The minimum absolute atomic E-state index is 0. The number of nitrogens with two attached hydrogens (primary N) is 2. The highest BCUT2D eigenvalue weighted by Gasteiger charge is 2.37. The zero-order chi connectivity index (χ0) is 11.5. The van der Waals surface area contributed by atoms with E-state index in [2.05, 4.69) is 0 Å². The van der Waals surface area contributed by atoms with E-state index in [-0.39, 0.29) is 18.8 Å². The van der Waals surface area contributed by atoms with Crippen molar-refractivity contribution < 1.29 is 9.90 Å². The number of hydrogen-bond donors (Lipinski definition) is 4. The van der Waals surface area contributed by atoms with Crippen LogP contribution in [-0.2, 0) is 11.2 Å². The average Bonchev–Trinajstić information content (AvgIpc) is 2.18. The highest BCUT2D eigenvalue weighted by atomic mass is 35.5. The topological polar surface area (TPSA) is 113 Å². The molecule has 0 aliphatic heterocycles. The highest BCUT2D eigenvalue weighted by Crippen LogP contribution is 2.11. The van der Waals surface area contributed by atoms with Gasteiger partial charge in [0.05, 0.1) is 0 Å². The molecule has 1 aromatic carbocycles. The summed E-state index contributed by atoms with van der Waals surface area (Å²) in [6.45, 7) is 0. The van der Waals surface area contributed by atoms with Gasteiger partial charge in [-0.15, -0.1) is 12.4 Å². The molecule has 0 heterocycles. The van der Waals surface area contributed by atoms with Crippen molar-refractivity contribution in [3.8, 4) is 0 Å². The monoisotopic (exact) mass is 243 g/mol. The van der Waals surface area contributed by atoms with Gasteiger partial charge < -0.3 is 16.6 Å². The molecule has 0 saturated carbocycles. The number of carboxylic acid groups (broad SMARTS) is 1. The second-order valence-corrected chi connectivity index (χ2v) is 3.35. The van der Waals surface area contributed by atoms with Crippen LogP contribution in [0.25, 0.3) is 0 Å². The number of amidine groups is 1. The van der Waals surface area contributed by atoms with Crippen molar-refractivity contribution in [3.63, 3.8) is 0 Å². The number of aliphatic carboxylic acids is 1. The third kappa shape index (κ3) is 2.95. The lowest BCUT2D eigenvalue weighted by molar-refractivity contribution is -0.140. The lowest BCUT2D eigenvalue weighted by Gasteiger charge is -2.22. The van der Waals surface area contributed by atoms with Gasteiger partial charge in [-0.2, -0.15) is 0 Å². The van der Waals surface area contributed by atoms with Crippen LogP contribution in [-0.4, -0.2) is 22.5 Å². The van der Waals surface area contributed by atoms with Crippen LogP contribution in [0.2, 0.25) is 0 Å². The Morgan fingerprint density at radius 1 is 1.38 bits per heavy atom. The van der Waals surface area contributed by atoms with Gasteiger partial charge in [-0.3, -0.25) is 5.41 Å². The Labute approximate surface area is 99.4 Å². The number of carboxylic acids is 1. The first kappa shape index (κ1) is 14.4. The molecule has 1 rings (SSSR count). The van der Waals surface area contributed by atoms with Gasteiger partial charge in [0.25, 0.3) is 0 Å². The fraction of sp³-hybridized carbons (Fsp3) is 0.200. The smallest absolute Gasteiger partial charge is 0.331 e. The van der Waals surface area contributed by atoms with E-state index < -0.39 is 17.3 Å². The zero-order valence-corrected chi connectivity index (χ0v) is 9.33. The largest absolute Gasteiger partial charge is 0.480 e. The summed E-state index contributed by atoms with van der Waals surface area (Å²) in [5.74, 6) is -1.84. The van der Waals surface area contributed by atoms with Crippen molar-refractivity contribution in [3.05, 3.63) is 35.9 Å². The number of rotatable bonds is 4. The summed E-state index contributed by atoms with van der Waals surface area (Å²) >= 11 is 0. The van der Waals surface area contributed by atoms with Gasteiger partial charge in [-0.25, -0.2) is 4.79 Å². The molecule has 6 N–H and O–H groups in total. The molecule has 0 saturated heterocycles. The number of hydrogen-bond acceptors (Lipinski definition) is 3. The molecule has 1 aromatic rings. The van der Waals surface area contributed by atoms with E-state index in [9.17, 15) is 4.79 Å².